The Kier molecular flexibility index (Phi) is 3.29. The van der Waals surface area contributed by atoms with Gasteiger partial charge in [-0.1, -0.05) is 13.8 Å². The summed E-state index contributed by atoms with van der Waals surface area (Å²) >= 11 is 0. The van der Waals surface area contributed by atoms with E-state index in [1.54, 1.807) is 12.1 Å². The van der Waals surface area contributed by atoms with Gasteiger partial charge in [0.25, 0.3) is 0 Å². The highest BCUT2D eigenvalue weighted by atomic mass is 19.1. The molecule has 1 heterocycles. The normalized spacial score (nSPS) is 11.1. The van der Waals surface area contributed by atoms with Gasteiger partial charge >= 0.3 is 0 Å². The van der Waals surface area contributed by atoms with Crippen molar-refractivity contribution in [2.24, 2.45) is 0 Å². The molecule has 0 radical (unpaired) electrons. The maximum absolute atomic E-state index is 12.9. The van der Waals surface area contributed by atoms with E-state index in [4.69, 9.17) is 0 Å². The fraction of sp³-hybridized carbons (Fsp3) is 0.286. The molecule has 1 N–H and O–H groups in total. The second kappa shape index (κ2) is 4.72. The number of aliphatic hydroxyl groups excluding tert-OH is 1. The minimum Gasteiger partial charge on any atom is -0.390 e. The van der Waals surface area contributed by atoms with E-state index in [0.717, 1.165) is 16.9 Å². The zero-order valence-electron chi connectivity index (χ0n) is 10.0. The van der Waals surface area contributed by atoms with Crippen LogP contribution < -0.4 is 0 Å². The summed E-state index contributed by atoms with van der Waals surface area (Å²) in [5, 5.41) is 9.46. The number of hydrogen-bond acceptors (Lipinski definition) is 1. The van der Waals surface area contributed by atoms with Gasteiger partial charge in [-0.05, 0) is 41.8 Å². The van der Waals surface area contributed by atoms with Crippen LogP contribution >= 0.6 is 0 Å². The first-order valence-electron chi connectivity index (χ1n) is 5.70. The Morgan fingerprint density at radius 3 is 2.35 bits per heavy atom. The van der Waals surface area contributed by atoms with E-state index < -0.39 is 0 Å². The molecule has 0 bridgehead atoms. The number of aromatic nitrogens is 1. The molecule has 0 spiro atoms. The highest BCUT2D eigenvalue weighted by molar-refractivity contribution is 5.39. The molecular formula is C14H16FNO. The SMILES string of the molecule is CC(C)c1ccn(-c2ccc(F)cc2)c1CO. The molecule has 0 atom stereocenters. The molecule has 0 aliphatic heterocycles. The molecule has 0 fully saturated rings. The summed E-state index contributed by atoms with van der Waals surface area (Å²) in [6.07, 6.45) is 1.91. The number of rotatable bonds is 3. The van der Waals surface area contributed by atoms with E-state index in [9.17, 15) is 9.50 Å². The highest BCUT2D eigenvalue weighted by Gasteiger charge is 2.12. The van der Waals surface area contributed by atoms with Gasteiger partial charge in [0, 0.05) is 11.9 Å². The van der Waals surface area contributed by atoms with E-state index in [1.807, 2.05) is 16.8 Å². The lowest BCUT2D eigenvalue weighted by molar-refractivity contribution is 0.273. The monoisotopic (exact) mass is 233 g/mol. The van der Waals surface area contributed by atoms with E-state index in [0.29, 0.717) is 5.92 Å². The van der Waals surface area contributed by atoms with Crippen molar-refractivity contribution in [1.29, 1.82) is 0 Å². The van der Waals surface area contributed by atoms with Gasteiger partial charge < -0.3 is 9.67 Å². The molecule has 2 nitrogen and oxygen atoms in total. The quantitative estimate of drug-likeness (QED) is 0.865. The van der Waals surface area contributed by atoms with E-state index in [-0.39, 0.29) is 12.4 Å². The van der Waals surface area contributed by atoms with Gasteiger partial charge in [-0.2, -0.15) is 0 Å². The lowest BCUT2D eigenvalue weighted by atomic mass is 10.0. The van der Waals surface area contributed by atoms with Crippen LogP contribution in [0.5, 0.6) is 0 Å². The topological polar surface area (TPSA) is 25.2 Å². The third-order valence-corrected chi connectivity index (χ3v) is 2.90. The summed E-state index contributed by atoms with van der Waals surface area (Å²) < 4.78 is 14.8. The van der Waals surface area contributed by atoms with Crippen molar-refractivity contribution < 1.29 is 9.50 Å². The largest absolute Gasteiger partial charge is 0.390 e. The minimum absolute atomic E-state index is 0.0160. The molecule has 2 rings (SSSR count). The molecule has 0 aliphatic rings. The minimum atomic E-state index is -0.254. The lowest BCUT2D eigenvalue weighted by Gasteiger charge is -2.11. The predicted molar refractivity (Wildman–Crippen MR) is 65.7 cm³/mol. The van der Waals surface area contributed by atoms with Crippen LogP contribution in [0.1, 0.15) is 31.0 Å². The molecule has 90 valence electrons. The van der Waals surface area contributed by atoms with E-state index in [2.05, 4.69) is 13.8 Å². The van der Waals surface area contributed by atoms with Gasteiger partial charge in [-0.15, -0.1) is 0 Å². The van der Waals surface area contributed by atoms with Crippen molar-refractivity contribution in [1.82, 2.24) is 4.57 Å². The van der Waals surface area contributed by atoms with Crippen LogP contribution in [0, 0.1) is 5.82 Å². The molecule has 2 aromatic rings. The molecule has 0 saturated heterocycles. The highest BCUT2D eigenvalue weighted by Crippen LogP contribution is 2.24. The van der Waals surface area contributed by atoms with Gasteiger partial charge in [0.15, 0.2) is 0 Å². The molecule has 17 heavy (non-hydrogen) atoms. The summed E-state index contributed by atoms with van der Waals surface area (Å²) in [5.41, 5.74) is 2.85. The first-order chi connectivity index (χ1) is 8.13. The van der Waals surface area contributed by atoms with Crippen LogP contribution in [0.15, 0.2) is 36.5 Å². The average molecular weight is 233 g/mol. The summed E-state index contributed by atoms with van der Waals surface area (Å²) in [6.45, 7) is 4.16. The Hall–Kier alpha value is -1.61. The van der Waals surface area contributed by atoms with Gasteiger partial charge in [0.1, 0.15) is 5.82 Å². The van der Waals surface area contributed by atoms with Gasteiger partial charge in [0.2, 0.25) is 0 Å². The lowest BCUT2D eigenvalue weighted by Crippen LogP contribution is -2.02. The molecule has 0 unspecified atom stereocenters. The van der Waals surface area contributed by atoms with Crippen LogP contribution in [-0.2, 0) is 6.61 Å². The molecule has 0 amide bonds. The maximum atomic E-state index is 12.9. The average Bonchev–Trinajstić information content (AvgIpc) is 2.73. The van der Waals surface area contributed by atoms with Crippen molar-refractivity contribution in [3.63, 3.8) is 0 Å². The fourth-order valence-electron chi connectivity index (χ4n) is 2.02. The third-order valence-electron chi connectivity index (χ3n) is 2.90. The molecule has 0 saturated carbocycles. The molecular weight excluding hydrogens is 217 g/mol. The summed E-state index contributed by atoms with van der Waals surface area (Å²) in [6, 6.07) is 8.26. The van der Waals surface area contributed by atoms with Crippen molar-refractivity contribution in [3.8, 4) is 5.69 Å². The zero-order chi connectivity index (χ0) is 12.4. The Morgan fingerprint density at radius 2 is 1.82 bits per heavy atom. The Bertz CT molecular complexity index is 499. The first kappa shape index (κ1) is 11.9. The number of aliphatic hydroxyl groups is 1. The van der Waals surface area contributed by atoms with E-state index >= 15 is 0 Å². The van der Waals surface area contributed by atoms with Crippen LogP contribution in [-0.4, -0.2) is 9.67 Å². The standard InChI is InChI=1S/C14H16FNO/c1-10(2)13-7-8-16(14(13)9-17)12-5-3-11(15)4-6-12/h3-8,10,17H,9H2,1-2H3. The summed E-state index contributed by atoms with van der Waals surface area (Å²) in [7, 11) is 0. The van der Waals surface area contributed by atoms with E-state index in [1.165, 1.54) is 12.1 Å². The van der Waals surface area contributed by atoms with Crippen molar-refractivity contribution in [2.45, 2.75) is 26.4 Å². The van der Waals surface area contributed by atoms with Crippen LogP contribution in [0.4, 0.5) is 4.39 Å². The Balaban J connectivity index is 2.48. The third kappa shape index (κ3) is 2.24. The summed E-state index contributed by atoms with van der Waals surface area (Å²) in [4.78, 5) is 0. The van der Waals surface area contributed by atoms with Gasteiger partial charge in [-0.25, -0.2) is 4.39 Å². The molecule has 1 aromatic heterocycles. The van der Waals surface area contributed by atoms with Gasteiger partial charge in [0.05, 0.1) is 12.3 Å². The maximum Gasteiger partial charge on any atom is 0.123 e. The van der Waals surface area contributed by atoms with Crippen molar-refractivity contribution in [3.05, 3.63) is 53.6 Å². The number of halogens is 1. The predicted octanol–water partition coefficient (Wildman–Crippen LogP) is 3.23. The molecule has 3 heteroatoms. The Labute approximate surface area is 100 Å². The second-order valence-electron chi connectivity index (χ2n) is 4.38. The van der Waals surface area contributed by atoms with Gasteiger partial charge in [-0.3, -0.25) is 0 Å². The van der Waals surface area contributed by atoms with Crippen molar-refractivity contribution >= 4 is 0 Å². The number of nitrogens with zero attached hydrogens (tertiary/aromatic N) is 1. The fourth-order valence-corrected chi connectivity index (χ4v) is 2.02. The molecule has 1 aromatic carbocycles. The second-order valence-corrected chi connectivity index (χ2v) is 4.38. The number of hydrogen-bond donors (Lipinski definition) is 1. The first-order valence-corrected chi connectivity index (χ1v) is 5.70. The summed E-state index contributed by atoms with van der Waals surface area (Å²) in [5.74, 6) is 0.106. The molecule has 0 aliphatic carbocycles. The van der Waals surface area contributed by atoms with Crippen LogP contribution in [0.25, 0.3) is 5.69 Å². The van der Waals surface area contributed by atoms with Crippen LogP contribution in [0.3, 0.4) is 0 Å². The Morgan fingerprint density at radius 1 is 1.18 bits per heavy atom. The smallest absolute Gasteiger partial charge is 0.123 e. The van der Waals surface area contributed by atoms with Crippen LogP contribution in [0.2, 0.25) is 0 Å². The zero-order valence-corrected chi connectivity index (χ0v) is 10.0. The van der Waals surface area contributed by atoms with Crippen molar-refractivity contribution in [2.75, 3.05) is 0 Å². The number of benzene rings is 1.